The van der Waals surface area contributed by atoms with E-state index in [-0.39, 0.29) is 5.91 Å². The Labute approximate surface area is 170 Å². The van der Waals surface area contributed by atoms with Gasteiger partial charge in [-0.25, -0.2) is 4.98 Å². The molecule has 0 saturated heterocycles. The van der Waals surface area contributed by atoms with E-state index < -0.39 is 10.8 Å². The van der Waals surface area contributed by atoms with E-state index in [0.29, 0.717) is 28.5 Å². The highest BCUT2D eigenvalue weighted by molar-refractivity contribution is 7.84. The van der Waals surface area contributed by atoms with Gasteiger partial charge in [-0.2, -0.15) is 0 Å². The van der Waals surface area contributed by atoms with Crippen molar-refractivity contribution < 1.29 is 13.7 Å². The smallest absolute Gasteiger partial charge is 0.255 e. The molecule has 2 aromatic carbocycles. The highest BCUT2D eigenvalue weighted by Crippen LogP contribution is 2.20. The summed E-state index contributed by atoms with van der Waals surface area (Å²) in [5, 5.41) is 2.85. The summed E-state index contributed by atoms with van der Waals surface area (Å²) in [6, 6.07) is 19.7. The second-order valence-electron chi connectivity index (χ2n) is 6.45. The van der Waals surface area contributed by atoms with Crippen molar-refractivity contribution in [2.75, 3.05) is 11.6 Å². The van der Waals surface area contributed by atoms with Gasteiger partial charge in [0.25, 0.3) is 5.91 Å². The number of pyridine rings is 1. The number of carbonyl (C=O) groups excluding carboxylic acids is 1. The first-order chi connectivity index (χ1) is 14.1. The number of carbonyl (C=O) groups is 1. The predicted molar refractivity (Wildman–Crippen MR) is 113 cm³/mol. The summed E-state index contributed by atoms with van der Waals surface area (Å²) in [5.74, 6) is 0.396. The van der Waals surface area contributed by atoms with Gasteiger partial charge in [0.2, 0.25) is 0 Å². The number of hydrogen-bond donors (Lipinski definition) is 1. The lowest BCUT2D eigenvalue weighted by Crippen LogP contribution is -2.12. The van der Waals surface area contributed by atoms with E-state index >= 15 is 0 Å². The Hall–Kier alpha value is -3.45. The molecule has 0 aliphatic heterocycles. The molecule has 2 heterocycles. The maximum absolute atomic E-state index is 12.4. The molecule has 1 amide bonds. The minimum absolute atomic E-state index is 0.240. The first-order valence-electron chi connectivity index (χ1n) is 8.99. The Kier molecular flexibility index (Phi) is 5.39. The Morgan fingerprint density at radius 3 is 2.69 bits per heavy atom. The molecule has 0 aliphatic rings. The lowest BCUT2D eigenvalue weighted by Gasteiger charge is -2.09. The van der Waals surface area contributed by atoms with Crippen LogP contribution in [0.25, 0.3) is 5.65 Å². The lowest BCUT2D eigenvalue weighted by atomic mass is 10.2. The first-order valence-corrected chi connectivity index (χ1v) is 10.5. The second kappa shape index (κ2) is 8.28. The number of anilines is 1. The van der Waals surface area contributed by atoms with Crippen molar-refractivity contribution in [3.8, 4) is 5.75 Å². The third-order valence-electron chi connectivity index (χ3n) is 4.34. The fourth-order valence-electron chi connectivity index (χ4n) is 2.88. The quantitative estimate of drug-likeness (QED) is 0.528. The van der Waals surface area contributed by atoms with E-state index in [1.54, 1.807) is 42.7 Å². The zero-order chi connectivity index (χ0) is 20.2. The van der Waals surface area contributed by atoms with Crippen molar-refractivity contribution >= 4 is 28.0 Å². The molecular weight excluding hydrogens is 386 g/mol. The van der Waals surface area contributed by atoms with Gasteiger partial charge in [-0.3, -0.25) is 9.00 Å². The van der Waals surface area contributed by atoms with Gasteiger partial charge < -0.3 is 14.5 Å². The summed E-state index contributed by atoms with van der Waals surface area (Å²) < 4.78 is 19.2. The van der Waals surface area contributed by atoms with Crippen LogP contribution in [-0.2, 0) is 17.4 Å². The van der Waals surface area contributed by atoms with E-state index in [4.69, 9.17) is 4.74 Å². The molecule has 0 fully saturated rings. The zero-order valence-electron chi connectivity index (χ0n) is 15.7. The van der Waals surface area contributed by atoms with Crippen LogP contribution in [0.5, 0.6) is 5.75 Å². The highest BCUT2D eigenvalue weighted by Gasteiger charge is 2.08. The molecule has 6 nitrogen and oxygen atoms in total. The van der Waals surface area contributed by atoms with Gasteiger partial charge in [-0.1, -0.05) is 12.1 Å². The lowest BCUT2D eigenvalue weighted by molar-refractivity contribution is 0.102. The third kappa shape index (κ3) is 4.52. The van der Waals surface area contributed by atoms with Crippen molar-refractivity contribution in [3.05, 3.63) is 90.4 Å². The molecule has 4 aromatic rings. The molecule has 1 unspecified atom stereocenters. The maximum atomic E-state index is 12.4. The topological polar surface area (TPSA) is 72.7 Å². The first kappa shape index (κ1) is 18.9. The number of fused-ring (bicyclic) bond motifs is 1. The number of nitrogens with one attached hydrogen (secondary N) is 1. The minimum Gasteiger partial charge on any atom is -0.487 e. The molecule has 0 aliphatic carbocycles. The molecule has 2 aromatic heterocycles. The summed E-state index contributed by atoms with van der Waals surface area (Å²) in [4.78, 5) is 17.6. The fourth-order valence-corrected chi connectivity index (χ4v) is 3.40. The number of imidazole rings is 1. The molecule has 1 atom stereocenters. The summed E-state index contributed by atoms with van der Waals surface area (Å²) in [5.41, 5.74) is 2.81. The summed E-state index contributed by atoms with van der Waals surface area (Å²) in [6.07, 6.45) is 5.47. The number of ether oxygens (including phenoxy) is 1. The number of hydrogen-bond acceptors (Lipinski definition) is 4. The van der Waals surface area contributed by atoms with Gasteiger partial charge in [-0.15, -0.1) is 0 Å². The van der Waals surface area contributed by atoms with E-state index in [9.17, 15) is 9.00 Å². The normalized spacial score (nSPS) is 11.9. The molecule has 4 rings (SSSR count). The van der Waals surface area contributed by atoms with Crippen LogP contribution in [-0.4, -0.2) is 25.8 Å². The van der Waals surface area contributed by atoms with Crippen LogP contribution in [0.4, 0.5) is 5.69 Å². The molecule has 0 radical (unpaired) electrons. The van der Waals surface area contributed by atoms with Crippen LogP contribution in [0, 0.1) is 0 Å². The predicted octanol–water partition coefficient (Wildman–Crippen LogP) is 3.90. The molecular formula is C22H19N3O3S. The molecule has 0 bridgehead atoms. The van der Waals surface area contributed by atoms with Gasteiger partial charge >= 0.3 is 0 Å². The third-order valence-corrected chi connectivity index (χ3v) is 5.28. The Balaban J connectivity index is 1.41. The monoisotopic (exact) mass is 405 g/mol. The molecule has 29 heavy (non-hydrogen) atoms. The number of benzene rings is 2. The largest absolute Gasteiger partial charge is 0.487 e. The zero-order valence-corrected chi connectivity index (χ0v) is 16.6. The van der Waals surface area contributed by atoms with E-state index in [2.05, 4.69) is 10.3 Å². The summed E-state index contributed by atoms with van der Waals surface area (Å²) in [6.45, 7) is 0.328. The molecule has 0 saturated carbocycles. The minimum atomic E-state index is -1.07. The Morgan fingerprint density at radius 1 is 1.10 bits per heavy atom. The van der Waals surface area contributed by atoms with Crippen molar-refractivity contribution in [1.29, 1.82) is 0 Å². The van der Waals surface area contributed by atoms with Crippen molar-refractivity contribution in [3.63, 3.8) is 0 Å². The van der Waals surface area contributed by atoms with E-state index in [1.165, 1.54) is 0 Å². The summed E-state index contributed by atoms with van der Waals surface area (Å²) >= 11 is 0. The van der Waals surface area contributed by atoms with Gasteiger partial charge in [0, 0.05) is 51.7 Å². The average Bonchev–Trinajstić information content (AvgIpc) is 3.16. The molecule has 1 N–H and O–H groups in total. The highest BCUT2D eigenvalue weighted by atomic mass is 32.2. The number of amides is 1. The molecule has 0 spiro atoms. The number of aromatic nitrogens is 2. The Bertz CT molecular complexity index is 1150. The van der Waals surface area contributed by atoms with Crippen LogP contribution < -0.4 is 10.1 Å². The summed E-state index contributed by atoms with van der Waals surface area (Å²) in [7, 11) is -1.07. The molecule has 146 valence electrons. The average molecular weight is 405 g/mol. The van der Waals surface area contributed by atoms with Crippen LogP contribution in [0.2, 0.25) is 0 Å². The van der Waals surface area contributed by atoms with Gasteiger partial charge in [0.1, 0.15) is 18.0 Å². The van der Waals surface area contributed by atoms with E-state index in [0.717, 1.165) is 11.3 Å². The van der Waals surface area contributed by atoms with Crippen LogP contribution >= 0.6 is 0 Å². The van der Waals surface area contributed by atoms with Gasteiger partial charge in [0.15, 0.2) is 0 Å². The van der Waals surface area contributed by atoms with Crippen molar-refractivity contribution in [2.45, 2.75) is 11.5 Å². The standard InChI is InChI=1S/C22H19N3O3S/c1-29(27)20-10-8-16(9-11-20)22(26)24-17-5-4-6-19(13-17)28-15-18-14-25-12-3-2-7-21(25)23-18/h2-14H,15H2,1H3,(H,24,26). The van der Waals surface area contributed by atoms with Crippen LogP contribution in [0.3, 0.4) is 0 Å². The Morgan fingerprint density at radius 2 is 1.93 bits per heavy atom. The van der Waals surface area contributed by atoms with Crippen LogP contribution in [0.1, 0.15) is 16.1 Å². The maximum Gasteiger partial charge on any atom is 0.255 e. The van der Waals surface area contributed by atoms with E-state index in [1.807, 2.05) is 47.1 Å². The van der Waals surface area contributed by atoms with Crippen molar-refractivity contribution in [2.24, 2.45) is 0 Å². The van der Waals surface area contributed by atoms with Crippen LogP contribution in [0.15, 0.2) is 84.0 Å². The fraction of sp³-hybridized carbons (Fsp3) is 0.0909. The van der Waals surface area contributed by atoms with Gasteiger partial charge in [-0.05, 0) is 48.5 Å². The SMILES string of the molecule is CS(=O)c1ccc(C(=O)Nc2cccc(OCc3cn4ccccc4n3)c2)cc1. The number of nitrogens with zero attached hydrogens (tertiary/aromatic N) is 2. The van der Waals surface area contributed by atoms with Gasteiger partial charge in [0.05, 0.1) is 5.69 Å². The number of rotatable bonds is 6. The molecule has 7 heteroatoms. The van der Waals surface area contributed by atoms with Crippen molar-refractivity contribution in [1.82, 2.24) is 9.38 Å². The second-order valence-corrected chi connectivity index (χ2v) is 7.83.